The summed E-state index contributed by atoms with van der Waals surface area (Å²) in [5, 5.41) is 8.80. The Balaban J connectivity index is 0.000000810. The molecule has 0 fully saturated rings. The normalized spacial score (nSPS) is 8.10. The van der Waals surface area contributed by atoms with Gasteiger partial charge in [-0.05, 0) is 24.3 Å². The van der Waals surface area contributed by atoms with Gasteiger partial charge in [-0.3, -0.25) is 0 Å². The first-order chi connectivity index (χ1) is 4.33. The number of ether oxygens (including phenoxy) is 1. The van der Waals surface area contributed by atoms with E-state index in [0.29, 0.717) is 0 Å². The Bertz CT molecular complexity index is 179. The molecule has 2 heteroatoms. The molecule has 0 heterocycles. The second kappa shape index (κ2) is 3.77. The van der Waals surface area contributed by atoms with Crippen molar-refractivity contribution in [3.8, 4) is 11.5 Å². The molecule has 0 aromatic heterocycles. The van der Waals surface area contributed by atoms with E-state index in [2.05, 4.69) is 0 Å². The first-order valence-corrected chi connectivity index (χ1v) is 2.66. The van der Waals surface area contributed by atoms with Gasteiger partial charge in [-0.2, -0.15) is 0 Å². The fraction of sp³-hybridized carbons (Fsp3) is 0.250. The minimum atomic E-state index is 0. The second-order valence-electron chi connectivity index (χ2n) is 1.70. The number of methoxy groups -OCH3 is 1. The molecule has 1 aromatic rings. The predicted octanol–water partition coefficient (Wildman–Crippen LogP) is 2.04. The lowest BCUT2D eigenvalue weighted by Crippen LogP contribution is -1.79. The van der Waals surface area contributed by atoms with E-state index in [1.807, 2.05) is 0 Å². The van der Waals surface area contributed by atoms with Crippen molar-refractivity contribution in [2.75, 3.05) is 7.11 Å². The molecule has 0 aliphatic heterocycles. The molecule has 10 heavy (non-hydrogen) atoms. The van der Waals surface area contributed by atoms with Gasteiger partial charge in [-0.25, -0.2) is 0 Å². The van der Waals surface area contributed by atoms with Crippen LogP contribution < -0.4 is 4.74 Å². The quantitative estimate of drug-likeness (QED) is 0.646. The maximum atomic E-state index is 8.80. The Hall–Kier alpha value is -1.18. The van der Waals surface area contributed by atoms with Crippen molar-refractivity contribution in [1.82, 2.24) is 0 Å². The van der Waals surface area contributed by atoms with Crippen LogP contribution in [0.25, 0.3) is 0 Å². The minimum Gasteiger partial charge on any atom is -0.508 e. The van der Waals surface area contributed by atoms with Gasteiger partial charge in [0.25, 0.3) is 0 Å². The van der Waals surface area contributed by atoms with Crippen molar-refractivity contribution < 1.29 is 9.84 Å². The molecule has 0 unspecified atom stereocenters. The topological polar surface area (TPSA) is 29.5 Å². The van der Waals surface area contributed by atoms with Gasteiger partial charge < -0.3 is 9.84 Å². The first kappa shape index (κ1) is 8.82. The first-order valence-electron chi connectivity index (χ1n) is 2.66. The number of aromatic hydroxyl groups is 1. The van der Waals surface area contributed by atoms with Gasteiger partial charge in [-0.1, -0.05) is 7.43 Å². The molecular weight excluding hydrogens is 128 g/mol. The number of rotatable bonds is 1. The lowest BCUT2D eigenvalue weighted by atomic mass is 10.3. The van der Waals surface area contributed by atoms with Crippen LogP contribution in [0.2, 0.25) is 0 Å². The van der Waals surface area contributed by atoms with Crippen molar-refractivity contribution in [2.24, 2.45) is 0 Å². The summed E-state index contributed by atoms with van der Waals surface area (Å²) in [5.41, 5.74) is 0. The summed E-state index contributed by atoms with van der Waals surface area (Å²) in [6, 6.07) is 6.57. The number of hydrogen-bond donors (Lipinski definition) is 1. The van der Waals surface area contributed by atoms with E-state index in [0.717, 1.165) is 5.75 Å². The highest BCUT2D eigenvalue weighted by atomic mass is 16.5. The fourth-order valence-electron chi connectivity index (χ4n) is 0.582. The molecule has 0 saturated heterocycles. The maximum absolute atomic E-state index is 8.80. The number of benzene rings is 1. The van der Waals surface area contributed by atoms with E-state index in [9.17, 15) is 0 Å². The van der Waals surface area contributed by atoms with Crippen LogP contribution in [0.4, 0.5) is 0 Å². The molecule has 56 valence electrons. The van der Waals surface area contributed by atoms with Crippen molar-refractivity contribution >= 4 is 0 Å². The van der Waals surface area contributed by atoms with Gasteiger partial charge in [0.05, 0.1) is 7.11 Å². The zero-order valence-electron chi connectivity index (χ0n) is 5.16. The molecule has 0 aliphatic carbocycles. The maximum Gasteiger partial charge on any atom is 0.119 e. The SMILES string of the molecule is C.COc1ccc(O)cc1. The van der Waals surface area contributed by atoms with Gasteiger partial charge >= 0.3 is 0 Å². The van der Waals surface area contributed by atoms with Crippen LogP contribution in [0.3, 0.4) is 0 Å². The van der Waals surface area contributed by atoms with E-state index >= 15 is 0 Å². The fourth-order valence-corrected chi connectivity index (χ4v) is 0.582. The van der Waals surface area contributed by atoms with E-state index in [1.165, 1.54) is 0 Å². The average Bonchev–Trinajstić information content (AvgIpc) is 1.90. The Morgan fingerprint density at radius 2 is 1.70 bits per heavy atom. The summed E-state index contributed by atoms with van der Waals surface area (Å²) in [6.45, 7) is 0. The molecule has 0 atom stereocenters. The van der Waals surface area contributed by atoms with E-state index in [1.54, 1.807) is 31.4 Å². The Morgan fingerprint density at radius 1 is 1.20 bits per heavy atom. The largest absolute Gasteiger partial charge is 0.508 e. The van der Waals surface area contributed by atoms with Crippen LogP contribution >= 0.6 is 0 Å². The van der Waals surface area contributed by atoms with Gasteiger partial charge in [0.1, 0.15) is 11.5 Å². The highest BCUT2D eigenvalue weighted by Gasteiger charge is 1.87. The third-order valence-electron chi connectivity index (χ3n) is 1.07. The third-order valence-corrected chi connectivity index (χ3v) is 1.07. The molecule has 0 bridgehead atoms. The summed E-state index contributed by atoms with van der Waals surface area (Å²) >= 11 is 0. The summed E-state index contributed by atoms with van der Waals surface area (Å²) in [7, 11) is 1.59. The predicted molar refractivity (Wildman–Crippen MR) is 41.4 cm³/mol. The van der Waals surface area contributed by atoms with Crippen molar-refractivity contribution in [2.45, 2.75) is 7.43 Å². The zero-order valence-corrected chi connectivity index (χ0v) is 5.16. The molecular formula is C8H12O2. The van der Waals surface area contributed by atoms with Crippen LogP contribution in [-0.4, -0.2) is 12.2 Å². The van der Waals surface area contributed by atoms with Crippen LogP contribution in [-0.2, 0) is 0 Å². The van der Waals surface area contributed by atoms with Crippen molar-refractivity contribution in [3.05, 3.63) is 24.3 Å². The van der Waals surface area contributed by atoms with Crippen molar-refractivity contribution in [3.63, 3.8) is 0 Å². The third kappa shape index (κ3) is 1.97. The van der Waals surface area contributed by atoms with Crippen LogP contribution in [0.15, 0.2) is 24.3 Å². The lowest BCUT2D eigenvalue weighted by Gasteiger charge is -1.96. The van der Waals surface area contributed by atoms with Gasteiger partial charge in [0.2, 0.25) is 0 Å². The Kier molecular flexibility index (Phi) is 3.33. The monoisotopic (exact) mass is 140 g/mol. The Morgan fingerprint density at radius 3 is 2.10 bits per heavy atom. The number of hydrogen-bond acceptors (Lipinski definition) is 2. The molecule has 0 aliphatic rings. The average molecular weight is 140 g/mol. The van der Waals surface area contributed by atoms with Gasteiger partial charge in [0, 0.05) is 0 Å². The van der Waals surface area contributed by atoms with Crippen molar-refractivity contribution in [1.29, 1.82) is 0 Å². The summed E-state index contributed by atoms with van der Waals surface area (Å²) in [5.74, 6) is 1.02. The smallest absolute Gasteiger partial charge is 0.119 e. The highest BCUT2D eigenvalue weighted by Crippen LogP contribution is 2.14. The second-order valence-corrected chi connectivity index (χ2v) is 1.70. The molecule has 1 rings (SSSR count). The van der Waals surface area contributed by atoms with Crippen LogP contribution in [0.5, 0.6) is 11.5 Å². The summed E-state index contributed by atoms with van der Waals surface area (Å²) in [6.07, 6.45) is 0. The molecule has 0 spiro atoms. The number of phenols is 1. The standard InChI is InChI=1S/C7H8O2.CH4/c1-9-7-4-2-6(8)3-5-7;/h2-5,8H,1H3;1H4. The Labute approximate surface area is 61.1 Å². The molecule has 0 amide bonds. The zero-order chi connectivity index (χ0) is 6.69. The molecule has 2 nitrogen and oxygen atoms in total. The van der Waals surface area contributed by atoms with Gasteiger partial charge in [-0.15, -0.1) is 0 Å². The molecule has 0 radical (unpaired) electrons. The molecule has 1 N–H and O–H groups in total. The molecule has 0 saturated carbocycles. The van der Waals surface area contributed by atoms with E-state index < -0.39 is 0 Å². The summed E-state index contributed by atoms with van der Waals surface area (Å²) in [4.78, 5) is 0. The lowest BCUT2D eigenvalue weighted by molar-refractivity contribution is 0.412. The highest BCUT2D eigenvalue weighted by molar-refractivity contribution is 5.29. The minimum absolute atomic E-state index is 0. The molecule has 1 aromatic carbocycles. The number of phenolic OH excluding ortho intramolecular Hbond substituents is 1. The van der Waals surface area contributed by atoms with Gasteiger partial charge in [0.15, 0.2) is 0 Å². The van der Waals surface area contributed by atoms with E-state index in [-0.39, 0.29) is 13.2 Å². The van der Waals surface area contributed by atoms with E-state index in [4.69, 9.17) is 9.84 Å². The summed E-state index contributed by atoms with van der Waals surface area (Å²) < 4.78 is 4.86. The van der Waals surface area contributed by atoms with Crippen LogP contribution in [0, 0.1) is 0 Å². The van der Waals surface area contributed by atoms with Crippen LogP contribution in [0.1, 0.15) is 7.43 Å².